The van der Waals surface area contributed by atoms with Crippen LogP contribution >= 0.6 is 0 Å². The highest BCUT2D eigenvalue weighted by Crippen LogP contribution is 2.28. The van der Waals surface area contributed by atoms with Crippen LogP contribution < -0.4 is 4.74 Å². The van der Waals surface area contributed by atoms with Gasteiger partial charge in [0.2, 0.25) is 6.10 Å². The highest BCUT2D eigenvalue weighted by molar-refractivity contribution is 5.37. The number of nitriles is 1. The van der Waals surface area contributed by atoms with Crippen LogP contribution in [0.15, 0.2) is 24.3 Å². The molecule has 0 aliphatic rings. The quantitative estimate of drug-likeness (QED) is 0.594. The fourth-order valence-corrected chi connectivity index (χ4v) is 1.22. The van der Waals surface area contributed by atoms with E-state index in [4.69, 9.17) is 19.8 Å². The van der Waals surface area contributed by atoms with Crippen molar-refractivity contribution < 1.29 is 14.5 Å². The largest absolute Gasteiger partial charge is 0.496 e. The van der Waals surface area contributed by atoms with Gasteiger partial charge in [-0.25, -0.2) is 9.78 Å². The van der Waals surface area contributed by atoms with Crippen LogP contribution in [0.4, 0.5) is 0 Å². The smallest absolute Gasteiger partial charge is 0.207 e. The van der Waals surface area contributed by atoms with E-state index in [1.165, 1.54) is 0 Å². The summed E-state index contributed by atoms with van der Waals surface area (Å²) in [5, 5.41) is 9.09. The second-order valence-electron chi connectivity index (χ2n) is 4.54. The number of rotatable bonds is 4. The van der Waals surface area contributed by atoms with Gasteiger partial charge in [0.1, 0.15) is 11.8 Å². The van der Waals surface area contributed by atoms with Gasteiger partial charge in [-0.1, -0.05) is 18.2 Å². The predicted octanol–water partition coefficient (Wildman–Crippen LogP) is 3.01. The second-order valence-corrected chi connectivity index (χ2v) is 4.54. The molecule has 4 heteroatoms. The minimum absolute atomic E-state index is 0.461. The van der Waals surface area contributed by atoms with Crippen molar-refractivity contribution in [2.24, 2.45) is 0 Å². The molecule has 0 heterocycles. The Morgan fingerprint density at radius 3 is 2.41 bits per heavy atom. The first-order valence-electron chi connectivity index (χ1n) is 5.35. The molecule has 0 aromatic heterocycles. The summed E-state index contributed by atoms with van der Waals surface area (Å²) in [7, 11) is 1.55. The molecule has 0 fully saturated rings. The van der Waals surface area contributed by atoms with Crippen LogP contribution in [0.1, 0.15) is 32.4 Å². The van der Waals surface area contributed by atoms with Crippen LogP contribution in [0.3, 0.4) is 0 Å². The Balaban J connectivity index is 2.84. The van der Waals surface area contributed by atoms with Gasteiger partial charge in [-0.2, -0.15) is 5.26 Å². The molecule has 0 spiro atoms. The summed E-state index contributed by atoms with van der Waals surface area (Å²) in [5.41, 5.74) is 0.193. The molecule has 1 atom stereocenters. The number of nitrogens with zero attached hydrogens (tertiary/aromatic N) is 1. The number of hydrogen-bond donors (Lipinski definition) is 0. The van der Waals surface area contributed by atoms with Crippen LogP contribution in [-0.4, -0.2) is 12.7 Å². The molecule has 92 valence electrons. The molecule has 0 N–H and O–H groups in total. The summed E-state index contributed by atoms with van der Waals surface area (Å²) in [5.74, 6) is 0.608. The number of hydrogen-bond acceptors (Lipinski definition) is 4. The molecule has 4 nitrogen and oxygen atoms in total. The number of methoxy groups -OCH3 is 1. The van der Waals surface area contributed by atoms with Gasteiger partial charge in [0, 0.05) is 5.56 Å². The van der Waals surface area contributed by atoms with E-state index in [0.717, 1.165) is 0 Å². The Morgan fingerprint density at radius 1 is 1.24 bits per heavy atom. The van der Waals surface area contributed by atoms with E-state index in [2.05, 4.69) is 0 Å². The van der Waals surface area contributed by atoms with E-state index in [0.29, 0.717) is 11.3 Å². The molecule has 0 saturated carbocycles. The minimum atomic E-state index is -0.801. The second kappa shape index (κ2) is 5.67. The normalized spacial score (nSPS) is 12.9. The Bertz CT molecular complexity index is 404. The summed E-state index contributed by atoms with van der Waals surface area (Å²) in [6.45, 7) is 5.55. The van der Waals surface area contributed by atoms with Crippen LogP contribution in [0.25, 0.3) is 0 Å². The molecular weight excluding hydrogens is 218 g/mol. The van der Waals surface area contributed by atoms with Gasteiger partial charge in [-0.05, 0) is 26.8 Å². The standard InChI is InChI=1S/C13H17NO3/c1-13(2,3)17-16-12(9-14)10-7-5-6-8-11(10)15-4/h5-8,12H,1-4H3. The average Bonchev–Trinajstić information content (AvgIpc) is 2.29. The van der Waals surface area contributed by atoms with Gasteiger partial charge in [-0.15, -0.1) is 0 Å². The Labute approximate surface area is 102 Å². The van der Waals surface area contributed by atoms with Gasteiger partial charge in [0.15, 0.2) is 0 Å². The van der Waals surface area contributed by atoms with Gasteiger partial charge < -0.3 is 4.74 Å². The molecule has 0 aliphatic heterocycles. The van der Waals surface area contributed by atoms with Crippen LogP contribution in [0.5, 0.6) is 5.75 Å². The van der Waals surface area contributed by atoms with E-state index in [9.17, 15) is 0 Å². The zero-order valence-electron chi connectivity index (χ0n) is 10.6. The van der Waals surface area contributed by atoms with Crippen molar-refractivity contribution in [1.82, 2.24) is 0 Å². The third kappa shape index (κ3) is 4.06. The van der Waals surface area contributed by atoms with E-state index < -0.39 is 11.7 Å². The Morgan fingerprint density at radius 2 is 1.88 bits per heavy atom. The molecule has 1 aromatic carbocycles. The summed E-state index contributed by atoms with van der Waals surface area (Å²) in [6.07, 6.45) is -0.801. The highest BCUT2D eigenvalue weighted by atomic mass is 17.2. The lowest BCUT2D eigenvalue weighted by atomic mass is 10.1. The third-order valence-corrected chi connectivity index (χ3v) is 1.93. The molecular formula is C13H17NO3. The lowest BCUT2D eigenvalue weighted by Gasteiger charge is -2.20. The van der Waals surface area contributed by atoms with E-state index >= 15 is 0 Å². The molecule has 17 heavy (non-hydrogen) atoms. The van der Waals surface area contributed by atoms with Crippen LogP contribution in [0.2, 0.25) is 0 Å². The molecule has 1 rings (SSSR count). The maximum atomic E-state index is 9.09. The SMILES string of the molecule is COc1ccccc1C(C#N)OOC(C)(C)C. The van der Waals surface area contributed by atoms with Crippen molar-refractivity contribution in [2.45, 2.75) is 32.5 Å². The molecule has 1 aromatic rings. The fourth-order valence-electron chi connectivity index (χ4n) is 1.22. The van der Waals surface area contributed by atoms with Crippen molar-refractivity contribution in [3.05, 3.63) is 29.8 Å². The van der Waals surface area contributed by atoms with Gasteiger partial charge in [0.25, 0.3) is 0 Å². The monoisotopic (exact) mass is 235 g/mol. The van der Waals surface area contributed by atoms with Crippen molar-refractivity contribution in [3.63, 3.8) is 0 Å². The van der Waals surface area contributed by atoms with E-state index in [-0.39, 0.29) is 0 Å². The predicted molar refractivity (Wildman–Crippen MR) is 63.3 cm³/mol. The minimum Gasteiger partial charge on any atom is -0.496 e. The molecule has 0 aliphatic carbocycles. The van der Waals surface area contributed by atoms with Crippen molar-refractivity contribution in [2.75, 3.05) is 7.11 Å². The Kier molecular flexibility index (Phi) is 4.50. The number of para-hydroxylation sites is 1. The summed E-state index contributed by atoms with van der Waals surface area (Å²) in [6, 6.07) is 9.25. The number of ether oxygens (including phenoxy) is 1. The number of benzene rings is 1. The topological polar surface area (TPSA) is 51.5 Å². The van der Waals surface area contributed by atoms with Crippen molar-refractivity contribution in [1.29, 1.82) is 5.26 Å². The van der Waals surface area contributed by atoms with Crippen LogP contribution in [-0.2, 0) is 9.78 Å². The zero-order valence-corrected chi connectivity index (χ0v) is 10.6. The van der Waals surface area contributed by atoms with Crippen molar-refractivity contribution >= 4 is 0 Å². The van der Waals surface area contributed by atoms with Gasteiger partial charge in [0.05, 0.1) is 12.7 Å². The molecule has 1 unspecified atom stereocenters. The first kappa shape index (κ1) is 13.5. The lowest BCUT2D eigenvalue weighted by molar-refractivity contribution is -0.365. The lowest BCUT2D eigenvalue weighted by Crippen LogP contribution is -2.21. The molecule has 0 bridgehead atoms. The maximum Gasteiger partial charge on any atom is 0.207 e. The fraction of sp³-hybridized carbons (Fsp3) is 0.462. The summed E-state index contributed by atoms with van der Waals surface area (Å²) >= 11 is 0. The third-order valence-electron chi connectivity index (χ3n) is 1.93. The summed E-state index contributed by atoms with van der Waals surface area (Å²) < 4.78 is 5.17. The van der Waals surface area contributed by atoms with Gasteiger partial charge in [-0.3, -0.25) is 0 Å². The molecule has 0 saturated heterocycles. The van der Waals surface area contributed by atoms with E-state index in [1.807, 2.05) is 39.0 Å². The van der Waals surface area contributed by atoms with Gasteiger partial charge >= 0.3 is 0 Å². The first-order valence-corrected chi connectivity index (χ1v) is 5.35. The molecule has 0 amide bonds. The zero-order chi connectivity index (χ0) is 12.9. The summed E-state index contributed by atoms with van der Waals surface area (Å²) in [4.78, 5) is 10.3. The molecule has 0 radical (unpaired) electrons. The van der Waals surface area contributed by atoms with Crippen LogP contribution in [0, 0.1) is 11.3 Å². The average molecular weight is 235 g/mol. The highest BCUT2D eigenvalue weighted by Gasteiger charge is 2.20. The van der Waals surface area contributed by atoms with Crippen molar-refractivity contribution in [3.8, 4) is 11.8 Å². The maximum absolute atomic E-state index is 9.09. The Hall–Kier alpha value is -1.57. The first-order chi connectivity index (χ1) is 7.98. The van der Waals surface area contributed by atoms with E-state index in [1.54, 1.807) is 19.2 Å².